The lowest BCUT2D eigenvalue weighted by molar-refractivity contribution is 0.633. The van der Waals surface area contributed by atoms with Gasteiger partial charge >= 0.3 is 0 Å². The largest absolute Gasteiger partial charge is 0.306 e. The fourth-order valence-electron chi connectivity index (χ4n) is 2.82. The van der Waals surface area contributed by atoms with Gasteiger partial charge in [-0.2, -0.15) is 0 Å². The van der Waals surface area contributed by atoms with Crippen molar-refractivity contribution < 1.29 is 0 Å². The van der Waals surface area contributed by atoms with Crippen molar-refractivity contribution in [2.45, 2.75) is 40.7 Å². The number of rotatable bonds is 4. The average Bonchev–Trinajstić information content (AvgIpc) is 2.67. The van der Waals surface area contributed by atoms with Gasteiger partial charge in [0.1, 0.15) is 0 Å². The number of hydrogen-bond donors (Lipinski definition) is 1. The predicted molar refractivity (Wildman–Crippen MR) is 90.2 cm³/mol. The Morgan fingerprint density at radius 2 is 1.65 bits per heavy atom. The smallest absolute Gasteiger partial charge is 0.0961 e. The third-order valence-corrected chi connectivity index (χ3v) is 5.22. The van der Waals surface area contributed by atoms with E-state index in [0.29, 0.717) is 0 Å². The Hall–Kier alpha value is -0.830. The van der Waals surface area contributed by atoms with Crippen LogP contribution in [0.25, 0.3) is 0 Å². The van der Waals surface area contributed by atoms with E-state index in [1.54, 1.807) is 11.3 Å². The van der Waals surface area contributed by atoms with Crippen LogP contribution in [0.1, 0.15) is 45.7 Å². The van der Waals surface area contributed by atoms with Crippen molar-refractivity contribution in [3.05, 3.63) is 55.2 Å². The maximum Gasteiger partial charge on any atom is 0.0961 e. The first-order valence-electron chi connectivity index (χ1n) is 7.01. The highest BCUT2D eigenvalue weighted by molar-refractivity contribution is 7.16. The van der Waals surface area contributed by atoms with Crippen molar-refractivity contribution in [2.75, 3.05) is 6.54 Å². The molecule has 0 bridgehead atoms. The molecule has 3 heteroatoms. The van der Waals surface area contributed by atoms with Gasteiger partial charge in [-0.1, -0.05) is 36.2 Å². The zero-order chi connectivity index (χ0) is 14.9. The van der Waals surface area contributed by atoms with E-state index in [1.165, 1.54) is 27.1 Å². The van der Waals surface area contributed by atoms with Gasteiger partial charge in [-0.3, -0.25) is 0 Å². The highest BCUT2D eigenvalue weighted by atomic mass is 35.5. The number of halogens is 1. The van der Waals surface area contributed by atoms with Gasteiger partial charge in [0.05, 0.1) is 10.4 Å². The van der Waals surface area contributed by atoms with Gasteiger partial charge in [-0.25, -0.2) is 0 Å². The molecule has 2 aromatic rings. The van der Waals surface area contributed by atoms with E-state index in [9.17, 15) is 0 Å². The van der Waals surface area contributed by atoms with Gasteiger partial charge < -0.3 is 5.32 Å². The van der Waals surface area contributed by atoms with E-state index in [1.807, 2.05) is 0 Å². The van der Waals surface area contributed by atoms with Crippen LogP contribution in [0.4, 0.5) is 0 Å². The standard InChI is InChI=1S/C17H22ClNS/c1-6-19-16(14-9-13(5)17(18)20-14)15-11(3)7-10(2)8-12(15)4/h7-9,16,19H,6H2,1-5H3. The maximum atomic E-state index is 6.26. The minimum absolute atomic E-state index is 0.233. The summed E-state index contributed by atoms with van der Waals surface area (Å²) in [5.41, 5.74) is 6.55. The summed E-state index contributed by atoms with van der Waals surface area (Å²) >= 11 is 7.94. The zero-order valence-electron chi connectivity index (χ0n) is 12.8. The molecule has 0 fully saturated rings. The molecule has 108 valence electrons. The minimum atomic E-state index is 0.233. The number of aryl methyl sites for hydroxylation is 4. The maximum absolute atomic E-state index is 6.26. The summed E-state index contributed by atoms with van der Waals surface area (Å²) in [4.78, 5) is 1.30. The SMILES string of the molecule is CCNC(c1cc(C)c(Cl)s1)c1c(C)cc(C)cc1C. The molecule has 1 aromatic heterocycles. The van der Waals surface area contributed by atoms with E-state index in [2.05, 4.69) is 58.1 Å². The molecular formula is C17H22ClNS. The van der Waals surface area contributed by atoms with E-state index in [0.717, 1.165) is 16.4 Å². The van der Waals surface area contributed by atoms with Crippen LogP contribution in [0.3, 0.4) is 0 Å². The van der Waals surface area contributed by atoms with E-state index in [-0.39, 0.29) is 6.04 Å². The second kappa shape index (κ2) is 6.30. The second-order valence-corrected chi connectivity index (χ2v) is 7.09. The second-order valence-electron chi connectivity index (χ2n) is 5.41. The van der Waals surface area contributed by atoms with Crippen molar-refractivity contribution in [3.8, 4) is 0 Å². The first-order chi connectivity index (χ1) is 9.43. The Balaban J connectivity index is 2.54. The third-order valence-electron chi connectivity index (χ3n) is 3.60. The number of nitrogens with one attached hydrogen (secondary N) is 1. The summed E-state index contributed by atoms with van der Waals surface area (Å²) in [6, 6.07) is 6.96. The summed E-state index contributed by atoms with van der Waals surface area (Å²) in [5.74, 6) is 0. The van der Waals surface area contributed by atoms with Gasteiger partial charge in [-0.15, -0.1) is 11.3 Å². The van der Waals surface area contributed by atoms with Crippen molar-refractivity contribution in [1.29, 1.82) is 0 Å². The summed E-state index contributed by atoms with van der Waals surface area (Å²) in [6.45, 7) is 11.7. The van der Waals surface area contributed by atoms with Crippen molar-refractivity contribution in [3.63, 3.8) is 0 Å². The molecule has 0 amide bonds. The Morgan fingerprint density at radius 1 is 1.05 bits per heavy atom. The molecule has 0 spiro atoms. The summed E-state index contributed by atoms with van der Waals surface area (Å²) in [6.07, 6.45) is 0. The molecule has 0 radical (unpaired) electrons. The fourth-order valence-corrected chi connectivity index (χ4v) is 4.12. The normalized spacial score (nSPS) is 12.7. The van der Waals surface area contributed by atoms with Crippen LogP contribution in [0.5, 0.6) is 0 Å². The molecule has 1 aromatic carbocycles. The number of benzene rings is 1. The monoisotopic (exact) mass is 307 g/mol. The molecule has 20 heavy (non-hydrogen) atoms. The summed E-state index contributed by atoms with van der Waals surface area (Å²) in [7, 11) is 0. The Labute approximate surface area is 131 Å². The molecule has 0 saturated carbocycles. The Kier molecular flexibility index (Phi) is 4.90. The van der Waals surface area contributed by atoms with Gasteiger partial charge in [0.15, 0.2) is 0 Å². The lowest BCUT2D eigenvalue weighted by Gasteiger charge is -2.22. The molecule has 1 heterocycles. The minimum Gasteiger partial charge on any atom is -0.306 e. The molecule has 1 atom stereocenters. The third kappa shape index (κ3) is 3.08. The number of hydrogen-bond acceptors (Lipinski definition) is 2. The van der Waals surface area contributed by atoms with Crippen molar-refractivity contribution >= 4 is 22.9 Å². The molecular weight excluding hydrogens is 286 g/mol. The van der Waals surface area contributed by atoms with E-state index >= 15 is 0 Å². The lowest BCUT2D eigenvalue weighted by atomic mass is 9.93. The Morgan fingerprint density at radius 3 is 2.10 bits per heavy atom. The topological polar surface area (TPSA) is 12.0 Å². The van der Waals surface area contributed by atoms with Crippen molar-refractivity contribution in [2.24, 2.45) is 0 Å². The van der Waals surface area contributed by atoms with Crippen molar-refractivity contribution in [1.82, 2.24) is 5.32 Å². The molecule has 0 saturated heterocycles. The summed E-state index contributed by atoms with van der Waals surface area (Å²) < 4.78 is 0.894. The fraction of sp³-hybridized carbons (Fsp3) is 0.412. The molecule has 0 aliphatic carbocycles. The summed E-state index contributed by atoms with van der Waals surface area (Å²) in [5, 5.41) is 3.61. The Bertz CT molecular complexity index is 573. The molecule has 1 N–H and O–H groups in total. The van der Waals surface area contributed by atoms with E-state index in [4.69, 9.17) is 11.6 Å². The first-order valence-corrected chi connectivity index (χ1v) is 8.20. The average molecular weight is 308 g/mol. The highest BCUT2D eigenvalue weighted by Gasteiger charge is 2.20. The first kappa shape index (κ1) is 15.6. The van der Waals surface area contributed by atoms with Crippen LogP contribution >= 0.6 is 22.9 Å². The van der Waals surface area contributed by atoms with Gasteiger partial charge in [-0.05, 0) is 62.6 Å². The molecule has 0 aliphatic rings. The number of thiophene rings is 1. The quantitative estimate of drug-likeness (QED) is 0.804. The zero-order valence-corrected chi connectivity index (χ0v) is 14.4. The lowest BCUT2D eigenvalue weighted by Crippen LogP contribution is -2.23. The van der Waals surface area contributed by atoms with Crippen LogP contribution < -0.4 is 5.32 Å². The predicted octanol–water partition coefficient (Wildman–Crippen LogP) is 5.33. The molecule has 2 rings (SSSR count). The van der Waals surface area contributed by atoms with Crippen LogP contribution in [-0.4, -0.2) is 6.54 Å². The molecule has 1 unspecified atom stereocenters. The van der Waals surface area contributed by atoms with Crippen LogP contribution in [-0.2, 0) is 0 Å². The molecule has 1 nitrogen and oxygen atoms in total. The highest BCUT2D eigenvalue weighted by Crippen LogP contribution is 2.36. The van der Waals surface area contributed by atoms with Crippen LogP contribution in [0.15, 0.2) is 18.2 Å². The van der Waals surface area contributed by atoms with E-state index < -0.39 is 0 Å². The molecule has 0 aliphatic heterocycles. The van der Waals surface area contributed by atoms with Gasteiger partial charge in [0.2, 0.25) is 0 Å². The van der Waals surface area contributed by atoms with Crippen LogP contribution in [0, 0.1) is 27.7 Å². The van der Waals surface area contributed by atoms with Gasteiger partial charge in [0, 0.05) is 4.88 Å². The van der Waals surface area contributed by atoms with Gasteiger partial charge in [0.25, 0.3) is 0 Å². The van der Waals surface area contributed by atoms with Crippen LogP contribution in [0.2, 0.25) is 4.34 Å².